The van der Waals surface area contributed by atoms with Gasteiger partial charge in [-0.2, -0.15) is 5.26 Å². The van der Waals surface area contributed by atoms with Gasteiger partial charge in [-0.05, 0) is 72.4 Å². The van der Waals surface area contributed by atoms with E-state index in [2.05, 4.69) is 29.9 Å². The number of sulfonamides is 1. The van der Waals surface area contributed by atoms with E-state index < -0.39 is 10.0 Å². The normalized spacial score (nSPS) is 17.8. The van der Waals surface area contributed by atoms with E-state index in [4.69, 9.17) is 10.2 Å². The van der Waals surface area contributed by atoms with Gasteiger partial charge in [0.25, 0.3) is 0 Å². The first kappa shape index (κ1) is 22.8. The molecule has 6 nitrogen and oxygen atoms in total. The van der Waals surface area contributed by atoms with Crippen LogP contribution in [-0.4, -0.2) is 24.9 Å². The molecular weight excluding hydrogens is 446 g/mol. The molecule has 0 unspecified atom stereocenters. The molecule has 0 aliphatic heterocycles. The molecular formula is C27H29N3O3S. The molecule has 3 aliphatic rings. The van der Waals surface area contributed by atoms with Gasteiger partial charge in [-0.1, -0.05) is 25.1 Å². The third-order valence-corrected chi connectivity index (χ3v) is 8.67. The van der Waals surface area contributed by atoms with Gasteiger partial charge in [-0.15, -0.1) is 0 Å². The highest BCUT2D eigenvalue weighted by Gasteiger charge is 2.46. The predicted octanol–water partition coefficient (Wildman–Crippen LogP) is 4.84. The van der Waals surface area contributed by atoms with Crippen LogP contribution >= 0.6 is 0 Å². The van der Waals surface area contributed by atoms with Crippen molar-refractivity contribution in [3.05, 3.63) is 52.9 Å². The van der Waals surface area contributed by atoms with Gasteiger partial charge in [0.15, 0.2) is 0 Å². The Balaban J connectivity index is 1.43. The second-order valence-corrected chi connectivity index (χ2v) is 11.7. The summed E-state index contributed by atoms with van der Waals surface area (Å²) < 4.78 is 28.3. The second kappa shape index (κ2) is 8.66. The maximum absolute atomic E-state index is 12.8. The summed E-state index contributed by atoms with van der Waals surface area (Å²) in [5.74, 6) is 0.463. The van der Waals surface area contributed by atoms with E-state index in [0.717, 1.165) is 72.2 Å². The minimum atomic E-state index is -3.55. The lowest BCUT2D eigenvalue weighted by Crippen LogP contribution is -2.23. The number of hydrogen-bond acceptors (Lipinski definition) is 5. The number of ketones is 1. The van der Waals surface area contributed by atoms with Gasteiger partial charge in [-0.25, -0.2) is 8.42 Å². The summed E-state index contributed by atoms with van der Waals surface area (Å²) in [6.07, 6.45) is 9.88. The maximum atomic E-state index is 12.8. The molecule has 7 heteroatoms. The average Bonchev–Trinajstić information content (AvgIpc) is 3.71. The molecule has 0 bridgehead atoms. The molecule has 2 saturated carbocycles. The molecule has 0 saturated heterocycles. The Morgan fingerprint density at radius 2 is 2.03 bits per heavy atom. The highest BCUT2D eigenvalue weighted by molar-refractivity contribution is 7.92. The molecule has 2 aromatic rings. The zero-order valence-electron chi connectivity index (χ0n) is 19.4. The van der Waals surface area contributed by atoms with Crippen LogP contribution in [-0.2, 0) is 34.1 Å². The van der Waals surface area contributed by atoms with Gasteiger partial charge in [0.2, 0.25) is 10.0 Å². The Morgan fingerprint density at radius 1 is 1.24 bits per heavy atom. The Bertz CT molecular complexity index is 1330. The number of benzene rings is 1. The summed E-state index contributed by atoms with van der Waals surface area (Å²) in [7, 11) is -3.55. The molecule has 5 rings (SSSR count). The average molecular weight is 476 g/mol. The van der Waals surface area contributed by atoms with Gasteiger partial charge in [0, 0.05) is 42.1 Å². The minimum absolute atomic E-state index is 0.0161. The summed E-state index contributed by atoms with van der Waals surface area (Å²) in [5, 5.41) is 9.01. The van der Waals surface area contributed by atoms with Crippen molar-refractivity contribution in [3.63, 3.8) is 0 Å². The second-order valence-electron chi connectivity index (χ2n) is 9.97. The zero-order chi connectivity index (χ0) is 23.9. The predicted molar refractivity (Wildman–Crippen MR) is 133 cm³/mol. The molecule has 0 radical (unpaired) electrons. The molecule has 176 valence electrons. The SMILES string of the molecule is CCc1cc(NS(=O)(=O)CC2(CC#N)CC2)ccc1-c1cc(CC(=O)C2CC2)nc2c1C=CC2. The van der Waals surface area contributed by atoms with Crippen LogP contribution in [0.4, 0.5) is 5.69 Å². The fourth-order valence-corrected chi connectivity index (χ4v) is 6.64. The number of rotatable bonds is 10. The van der Waals surface area contributed by atoms with E-state index in [1.807, 2.05) is 18.2 Å². The number of aryl methyl sites for hydroxylation is 1. The van der Waals surface area contributed by atoms with Gasteiger partial charge < -0.3 is 0 Å². The first-order valence-electron chi connectivity index (χ1n) is 12.0. The maximum Gasteiger partial charge on any atom is 0.233 e. The third-order valence-electron chi connectivity index (χ3n) is 7.13. The summed E-state index contributed by atoms with van der Waals surface area (Å²) in [6.45, 7) is 2.05. The number of nitrogens with one attached hydrogen (secondary N) is 1. The number of carbonyl (C=O) groups excluding carboxylic acids is 1. The van der Waals surface area contributed by atoms with E-state index in [1.165, 1.54) is 0 Å². The number of carbonyl (C=O) groups is 1. The summed E-state index contributed by atoms with van der Waals surface area (Å²) in [5.41, 5.74) is 6.17. The van der Waals surface area contributed by atoms with Crippen molar-refractivity contribution in [3.8, 4) is 17.2 Å². The molecule has 1 aromatic heterocycles. The van der Waals surface area contributed by atoms with Crippen LogP contribution in [0.1, 0.15) is 61.5 Å². The smallest absolute Gasteiger partial charge is 0.233 e. The fourth-order valence-electron chi connectivity index (χ4n) is 4.89. The van der Waals surface area contributed by atoms with Crippen LogP contribution in [0.5, 0.6) is 0 Å². The fraction of sp³-hybridized carbons (Fsp3) is 0.444. The first-order chi connectivity index (χ1) is 16.3. The molecule has 0 amide bonds. The van der Waals surface area contributed by atoms with Crippen molar-refractivity contribution in [1.82, 2.24) is 4.98 Å². The largest absolute Gasteiger partial charge is 0.299 e. The zero-order valence-corrected chi connectivity index (χ0v) is 20.2. The number of fused-ring (bicyclic) bond motifs is 1. The van der Waals surface area contributed by atoms with Gasteiger partial charge >= 0.3 is 0 Å². The Morgan fingerprint density at radius 3 is 2.71 bits per heavy atom. The van der Waals surface area contributed by atoms with Crippen LogP contribution in [0.25, 0.3) is 17.2 Å². The Labute approximate surface area is 201 Å². The quantitative estimate of drug-likeness (QED) is 0.530. The molecule has 1 heterocycles. The monoisotopic (exact) mass is 475 g/mol. The van der Waals surface area contributed by atoms with Crippen molar-refractivity contribution < 1.29 is 13.2 Å². The van der Waals surface area contributed by atoms with Gasteiger partial charge in [-0.3, -0.25) is 14.5 Å². The molecule has 3 aliphatic carbocycles. The summed E-state index contributed by atoms with van der Waals surface area (Å²) >= 11 is 0. The minimum Gasteiger partial charge on any atom is -0.299 e. The van der Waals surface area contributed by atoms with E-state index in [0.29, 0.717) is 12.1 Å². The van der Waals surface area contributed by atoms with Crippen LogP contribution in [0, 0.1) is 22.7 Å². The van der Waals surface area contributed by atoms with Crippen LogP contribution in [0.3, 0.4) is 0 Å². The lowest BCUT2D eigenvalue weighted by atomic mass is 9.93. The van der Waals surface area contributed by atoms with Crippen molar-refractivity contribution >= 4 is 27.6 Å². The molecule has 34 heavy (non-hydrogen) atoms. The lowest BCUT2D eigenvalue weighted by Gasteiger charge is -2.17. The number of nitriles is 1. The third kappa shape index (κ3) is 4.78. The van der Waals surface area contributed by atoms with Crippen molar-refractivity contribution in [2.24, 2.45) is 11.3 Å². The topological polar surface area (TPSA) is 99.9 Å². The number of nitrogens with zero attached hydrogens (tertiary/aromatic N) is 2. The number of allylic oxidation sites excluding steroid dienone is 1. The number of aromatic nitrogens is 1. The highest BCUT2D eigenvalue weighted by atomic mass is 32.2. The van der Waals surface area contributed by atoms with Crippen LogP contribution < -0.4 is 4.72 Å². The van der Waals surface area contributed by atoms with Crippen molar-refractivity contribution in [1.29, 1.82) is 5.26 Å². The van der Waals surface area contributed by atoms with E-state index in [1.54, 1.807) is 6.07 Å². The Kier molecular flexibility index (Phi) is 5.81. The van der Waals surface area contributed by atoms with Crippen molar-refractivity contribution in [2.45, 2.75) is 58.3 Å². The highest BCUT2D eigenvalue weighted by Crippen LogP contribution is 2.49. The van der Waals surface area contributed by atoms with E-state index >= 15 is 0 Å². The van der Waals surface area contributed by atoms with Crippen LogP contribution in [0.15, 0.2) is 30.3 Å². The standard InChI is InChI=1S/C27H29N3O3S/c1-2-18-14-20(30-34(32,33)17-27(10-11-27)12-13-28)8-9-22(18)24-15-21(16-26(31)19-6-7-19)29-25-5-3-4-23(24)25/h3-4,8-9,14-15,19,30H,2,5-7,10-12,16-17H2,1H3. The lowest BCUT2D eigenvalue weighted by molar-refractivity contribution is -0.119. The molecule has 2 fully saturated rings. The number of Topliss-reactive ketones (excluding diaryl/α,β-unsaturated/α-hetero) is 1. The molecule has 1 N–H and O–H groups in total. The van der Waals surface area contributed by atoms with E-state index in [-0.39, 0.29) is 29.3 Å². The number of anilines is 1. The molecule has 0 spiro atoms. The van der Waals surface area contributed by atoms with Gasteiger partial charge in [0.1, 0.15) is 5.78 Å². The van der Waals surface area contributed by atoms with Crippen molar-refractivity contribution in [2.75, 3.05) is 10.5 Å². The van der Waals surface area contributed by atoms with Gasteiger partial charge in [0.05, 0.1) is 17.5 Å². The molecule has 0 atom stereocenters. The Hall–Kier alpha value is -2.98. The number of hydrogen-bond donors (Lipinski definition) is 1. The van der Waals surface area contributed by atoms with E-state index in [9.17, 15) is 13.2 Å². The summed E-state index contributed by atoms with van der Waals surface area (Å²) in [4.78, 5) is 17.2. The number of pyridine rings is 1. The van der Waals surface area contributed by atoms with Crippen LogP contribution in [0.2, 0.25) is 0 Å². The molecule has 1 aromatic carbocycles. The summed E-state index contributed by atoms with van der Waals surface area (Å²) in [6, 6.07) is 9.82. The first-order valence-corrected chi connectivity index (χ1v) is 13.7.